The number of carbonyl (C=O) groups excluding carboxylic acids is 1. The lowest BCUT2D eigenvalue weighted by atomic mass is 10.1. The molecule has 4 aromatic rings. The minimum absolute atomic E-state index is 0.110. The standard InChI is InChI=1S/C24H23N3O3S/c1-15-10-17-6-4-5-7-20(17)27(15)23(28)12-18-14-31-24-25-19(13-26(18)24)16-8-9-21(29-2)22(11-16)30-3/h4-9,11,13-15H,10,12H2,1-3H3. The molecule has 5 rings (SSSR count). The molecule has 158 valence electrons. The molecule has 31 heavy (non-hydrogen) atoms. The number of carbonyl (C=O) groups is 1. The highest BCUT2D eigenvalue weighted by molar-refractivity contribution is 7.15. The Labute approximate surface area is 184 Å². The van der Waals surface area contributed by atoms with E-state index in [4.69, 9.17) is 14.5 Å². The Balaban J connectivity index is 1.44. The first kappa shape index (κ1) is 19.6. The van der Waals surface area contributed by atoms with Crippen LogP contribution in [0.4, 0.5) is 5.69 Å². The number of amides is 1. The molecule has 3 heterocycles. The van der Waals surface area contributed by atoms with Crippen molar-refractivity contribution in [1.29, 1.82) is 0 Å². The highest BCUT2D eigenvalue weighted by atomic mass is 32.1. The number of thiazole rings is 1. The van der Waals surface area contributed by atoms with E-state index in [1.54, 1.807) is 25.6 Å². The summed E-state index contributed by atoms with van der Waals surface area (Å²) in [6, 6.07) is 14.1. The van der Waals surface area contributed by atoms with Gasteiger partial charge in [0.1, 0.15) is 0 Å². The minimum atomic E-state index is 0.110. The van der Waals surface area contributed by atoms with Crippen LogP contribution in [0.5, 0.6) is 11.5 Å². The van der Waals surface area contributed by atoms with Gasteiger partial charge in [0.05, 0.1) is 26.3 Å². The Hall–Kier alpha value is -3.32. The fourth-order valence-electron chi connectivity index (χ4n) is 4.28. The van der Waals surface area contributed by atoms with Crippen LogP contribution in [0, 0.1) is 0 Å². The van der Waals surface area contributed by atoms with Crippen molar-refractivity contribution in [3.63, 3.8) is 0 Å². The maximum Gasteiger partial charge on any atom is 0.233 e. The second kappa shape index (κ2) is 7.74. The summed E-state index contributed by atoms with van der Waals surface area (Å²) in [7, 11) is 3.24. The van der Waals surface area contributed by atoms with Crippen LogP contribution in [0.15, 0.2) is 54.0 Å². The van der Waals surface area contributed by atoms with E-state index in [-0.39, 0.29) is 11.9 Å². The van der Waals surface area contributed by atoms with E-state index in [1.165, 1.54) is 5.56 Å². The second-order valence-corrected chi connectivity index (χ2v) is 8.53. The van der Waals surface area contributed by atoms with Gasteiger partial charge in [0.15, 0.2) is 16.5 Å². The van der Waals surface area contributed by atoms with Gasteiger partial charge in [-0.25, -0.2) is 4.98 Å². The highest BCUT2D eigenvalue weighted by Crippen LogP contribution is 2.34. The van der Waals surface area contributed by atoms with E-state index in [9.17, 15) is 4.79 Å². The van der Waals surface area contributed by atoms with Gasteiger partial charge in [0.2, 0.25) is 5.91 Å². The third-order valence-electron chi connectivity index (χ3n) is 5.77. The van der Waals surface area contributed by atoms with Gasteiger partial charge in [0, 0.05) is 34.6 Å². The predicted octanol–water partition coefficient (Wildman–Crippen LogP) is 4.60. The van der Waals surface area contributed by atoms with Crippen LogP contribution in [0.2, 0.25) is 0 Å². The minimum Gasteiger partial charge on any atom is -0.493 e. The van der Waals surface area contributed by atoms with Gasteiger partial charge in [-0.3, -0.25) is 9.20 Å². The van der Waals surface area contributed by atoms with Crippen molar-refractivity contribution < 1.29 is 14.3 Å². The first-order valence-corrected chi connectivity index (χ1v) is 11.0. The smallest absolute Gasteiger partial charge is 0.233 e. The van der Waals surface area contributed by atoms with Crippen LogP contribution in [0.3, 0.4) is 0 Å². The fourth-order valence-corrected chi connectivity index (χ4v) is 5.15. The number of hydrogen-bond donors (Lipinski definition) is 0. The first-order chi connectivity index (χ1) is 15.1. The molecule has 0 spiro atoms. The molecular formula is C24H23N3O3S. The number of nitrogens with zero attached hydrogens (tertiary/aromatic N) is 3. The molecular weight excluding hydrogens is 410 g/mol. The summed E-state index contributed by atoms with van der Waals surface area (Å²) in [5.41, 5.74) is 4.98. The lowest BCUT2D eigenvalue weighted by Crippen LogP contribution is -2.37. The Bertz CT molecular complexity index is 1280. The van der Waals surface area contributed by atoms with E-state index in [0.717, 1.165) is 34.0 Å². The number of rotatable bonds is 5. The van der Waals surface area contributed by atoms with E-state index in [1.807, 2.05) is 57.3 Å². The van der Waals surface area contributed by atoms with Crippen molar-refractivity contribution in [2.24, 2.45) is 0 Å². The normalized spacial score (nSPS) is 15.3. The molecule has 7 heteroatoms. The second-order valence-electron chi connectivity index (χ2n) is 7.70. The summed E-state index contributed by atoms with van der Waals surface area (Å²) < 4.78 is 12.8. The number of fused-ring (bicyclic) bond motifs is 2. The molecule has 0 fully saturated rings. The third-order valence-corrected chi connectivity index (χ3v) is 6.66. The summed E-state index contributed by atoms with van der Waals surface area (Å²) in [6.45, 7) is 2.10. The van der Waals surface area contributed by atoms with Crippen molar-refractivity contribution in [2.75, 3.05) is 19.1 Å². The number of para-hydroxylation sites is 1. The third kappa shape index (κ3) is 3.35. The molecule has 1 aliphatic heterocycles. The molecule has 1 amide bonds. The lowest BCUT2D eigenvalue weighted by Gasteiger charge is -2.22. The Morgan fingerprint density at radius 1 is 1.16 bits per heavy atom. The molecule has 1 atom stereocenters. The maximum absolute atomic E-state index is 13.2. The molecule has 1 unspecified atom stereocenters. The molecule has 2 aromatic carbocycles. The summed E-state index contributed by atoms with van der Waals surface area (Å²) in [4.78, 5) is 20.8. The number of methoxy groups -OCH3 is 2. The Morgan fingerprint density at radius 3 is 2.77 bits per heavy atom. The molecule has 0 saturated carbocycles. The molecule has 0 bridgehead atoms. The summed E-state index contributed by atoms with van der Waals surface area (Å²) in [5.74, 6) is 1.45. The average molecular weight is 434 g/mol. The van der Waals surface area contributed by atoms with Crippen LogP contribution in [-0.2, 0) is 17.6 Å². The molecule has 6 nitrogen and oxygen atoms in total. The average Bonchev–Trinajstić information content (AvgIpc) is 3.46. The van der Waals surface area contributed by atoms with Gasteiger partial charge < -0.3 is 14.4 Å². The lowest BCUT2D eigenvalue weighted by molar-refractivity contribution is -0.118. The number of ether oxygens (including phenoxy) is 2. The Morgan fingerprint density at radius 2 is 1.97 bits per heavy atom. The van der Waals surface area contributed by atoms with E-state index >= 15 is 0 Å². The van der Waals surface area contributed by atoms with Crippen LogP contribution in [-0.4, -0.2) is 35.6 Å². The van der Waals surface area contributed by atoms with Gasteiger partial charge in [-0.2, -0.15) is 0 Å². The Kier molecular flexibility index (Phi) is 4.90. The van der Waals surface area contributed by atoms with Crippen LogP contribution in [0.25, 0.3) is 16.2 Å². The SMILES string of the molecule is COc1ccc(-c2cn3c(CC(=O)N4c5ccccc5CC4C)csc3n2)cc1OC. The van der Waals surface area contributed by atoms with Gasteiger partial charge in [-0.1, -0.05) is 18.2 Å². The number of imidazole rings is 1. The number of anilines is 1. The number of benzene rings is 2. The van der Waals surface area contributed by atoms with Crippen molar-refractivity contribution in [1.82, 2.24) is 9.38 Å². The molecule has 1 aliphatic rings. The van der Waals surface area contributed by atoms with Crippen molar-refractivity contribution in [3.8, 4) is 22.8 Å². The van der Waals surface area contributed by atoms with Gasteiger partial charge in [0.25, 0.3) is 0 Å². The van der Waals surface area contributed by atoms with Crippen molar-refractivity contribution >= 4 is 27.9 Å². The number of aromatic nitrogens is 2. The maximum atomic E-state index is 13.2. The van der Waals surface area contributed by atoms with Gasteiger partial charge >= 0.3 is 0 Å². The van der Waals surface area contributed by atoms with Crippen molar-refractivity contribution in [2.45, 2.75) is 25.8 Å². The van der Waals surface area contributed by atoms with Crippen LogP contribution >= 0.6 is 11.3 Å². The van der Waals surface area contributed by atoms with Gasteiger partial charge in [-0.05, 0) is 43.2 Å². The summed E-state index contributed by atoms with van der Waals surface area (Å²) in [5, 5.41) is 2.02. The predicted molar refractivity (Wildman–Crippen MR) is 122 cm³/mol. The van der Waals surface area contributed by atoms with E-state index in [0.29, 0.717) is 17.9 Å². The van der Waals surface area contributed by atoms with Crippen molar-refractivity contribution in [3.05, 3.63) is 65.3 Å². The molecule has 2 aromatic heterocycles. The quantitative estimate of drug-likeness (QED) is 0.462. The molecule has 0 N–H and O–H groups in total. The monoisotopic (exact) mass is 433 g/mol. The van der Waals surface area contributed by atoms with Crippen LogP contribution < -0.4 is 14.4 Å². The highest BCUT2D eigenvalue weighted by Gasteiger charge is 2.30. The zero-order chi connectivity index (χ0) is 21.5. The largest absolute Gasteiger partial charge is 0.493 e. The van der Waals surface area contributed by atoms with Crippen LogP contribution in [0.1, 0.15) is 18.2 Å². The zero-order valence-electron chi connectivity index (χ0n) is 17.7. The molecule has 0 saturated heterocycles. The van der Waals surface area contributed by atoms with Gasteiger partial charge in [-0.15, -0.1) is 11.3 Å². The first-order valence-electron chi connectivity index (χ1n) is 10.2. The zero-order valence-corrected chi connectivity index (χ0v) is 18.5. The molecule has 0 aliphatic carbocycles. The summed E-state index contributed by atoms with van der Waals surface area (Å²) in [6.07, 6.45) is 3.22. The number of hydrogen-bond acceptors (Lipinski definition) is 5. The summed E-state index contributed by atoms with van der Waals surface area (Å²) >= 11 is 1.54. The molecule has 0 radical (unpaired) electrons. The van der Waals surface area contributed by atoms with E-state index in [2.05, 4.69) is 13.0 Å². The topological polar surface area (TPSA) is 56.1 Å². The fraction of sp³-hybridized carbons (Fsp3) is 0.250. The van der Waals surface area contributed by atoms with E-state index < -0.39 is 0 Å².